The lowest BCUT2D eigenvalue weighted by Crippen LogP contribution is -2.29. The van der Waals surface area contributed by atoms with Gasteiger partial charge in [0.1, 0.15) is 0 Å². The Morgan fingerprint density at radius 1 is 1.15 bits per heavy atom. The molecular formula is C18H22N2. The van der Waals surface area contributed by atoms with Gasteiger partial charge >= 0.3 is 0 Å². The van der Waals surface area contributed by atoms with E-state index in [1.807, 2.05) is 0 Å². The summed E-state index contributed by atoms with van der Waals surface area (Å²) in [5.74, 6) is 0. The molecule has 0 saturated heterocycles. The second-order valence-corrected chi connectivity index (χ2v) is 5.42. The van der Waals surface area contributed by atoms with Crippen LogP contribution in [0.2, 0.25) is 0 Å². The average Bonchev–Trinajstić information content (AvgIpc) is 2.78. The number of nitrogens with one attached hydrogen (secondary N) is 1. The average molecular weight is 266 g/mol. The molecule has 0 heterocycles. The minimum atomic E-state index is 0.305. The van der Waals surface area contributed by atoms with Crippen molar-refractivity contribution in [2.45, 2.75) is 25.3 Å². The summed E-state index contributed by atoms with van der Waals surface area (Å²) in [7, 11) is 0. The molecule has 0 aliphatic heterocycles. The molecule has 1 aromatic rings. The molecule has 2 aliphatic rings. The van der Waals surface area contributed by atoms with Crippen LogP contribution < -0.4 is 11.1 Å². The van der Waals surface area contributed by atoms with Crippen LogP contribution in [0.4, 0.5) is 0 Å². The van der Waals surface area contributed by atoms with Crippen LogP contribution in [-0.4, -0.2) is 13.1 Å². The van der Waals surface area contributed by atoms with Crippen molar-refractivity contribution in [3.8, 4) is 0 Å². The number of nitrogens with two attached hydrogens (primary N) is 1. The Labute approximate surface area is 121 Å². The Kier molecular flexibility index (Phi) is 4.14. The third-order valence-electron chi connectivity index (χ3n) is 4.17. The fourth-order valence-electron chi connectivity index (χ4n) is 3.19. The van der Waals surface area contributed by atoms with Crippen molar-refractivity contribution < 1.29 is 0 Å². The van der Waals surface area contributed by atoms with Crippen molar-refractivity contribution in [2.24, 2.45) is 5.73 Å². The number of allylic oxidation sites excluding steroid dienone is 5. The molecule has 0 amide bonds. The topological polar surface area (TPSA) is 38.0 Å². The van der Waals surface area contributed by atoms with Gasteiger partial charge in [-0.25, -0.2) is 0 Å². The Balaban J connectivity index is 2.04. The number of benzene rings is 1. The second kappa shape index (κ2) is 6.21. The molecule has 2 nitrogen and oxygen atoms in total. The SMILES string of the molecule is NCCNC1C2=C(C=CC=CC2)CCc2ccccc21. The zero-order valence-electron chi connectivity index (χ0n) is 11.8. The Hall–Kier alpha value is -1.64. The summed E-state index contributed by atoms with van der Waals surface area (Å²) in [5, 5.41) is 3.64. The van der Waals surface area contributed by atoms with Crippen LogP contribution in [0.25, 0.3) is 0 Å². The van der Waals surface area contributed by atoms with Gasteiger partial charge in [-0.3, -0.25) is 0 Å². The van der Waals surface area contributed by atoms with Crippen molar-refractivity contribution in [1.29, 1.82) is 0 Å². The molecule has 3 rings (SSSR count). The lowest BCUT2D eigenvalue weighted by atomic mass is 9.92. The van der Waals surface area contributed by atoms with Crippen LogP contribution in [0.15, 0.2) is 59.7 Å². The predicted molar refractivity (Wildman–Crippen MR) is 84.5 cm³/mol. The van der Waals surface area contributed by atoms with Crippen LogP contribution in [0, 0.1) is 0 Å². The van der Waals surface area contributed by atoms with Crippen molar-refractivity contribution in [1.82, 2.24) is 5.32 Å². The first-order valence-electron chi connectivity index (χ1n) is 7.46. The minimum Gasteiger partial charge on any atom is -0.329 e. The highest BCUT2D eigenvalue weighted by atomic mass is 14.9. The molecule has 104 valence electrons. The molecule has 0 bridgehead atoms. The van der Waals surface area contributed by atoms with Gasteiger partial charge in [-0.15, -0.1) is 0 Å². The maximum Gasteiger partial charge on any atom is 0.0548 e. The molecule has 0 fully saturated rings. The second-order valence-electron chi connectivity index (χ2n) is 5.42. The summed E-state index contributed by atoms with van der Waals surface area (Å²) >= 11 is 0. The fourth-order valence-corrected chi connectivity index (χ4v) is 3.19. The Morgan fingerprint density at radius 2 is 2.05 bits per heavy atom. The summed E-state index contributed by atoms with van der Waals surface area (Å²) in [6, 6.07) is 9.12. The molecule has 1 atom stereocenters. The van der Waals surface area contributed by atoms with Crippen molar-refractivity contribution in [3.05, 3.63) is 70.8 Å². The normalized spacial score (nSPS) is 21.1. The van der Waals surface area contributed by atoms with Crippen molar-refractivity contribution >= 4 is 0 Å². The van der Waals surface area contributed by atoms with E-state index >= 15 is 0 Å². The highest BCUT2D eigenvalue weighted by Crippen LogP contribution is 2.36. The number of hydrogen-bond donors (Lipinski definition) is 2. The van der Waals surface area contributed by atoms with E-state index in [1.54, 1.807) is 0 Å². The van der Waals surface area contributed by atoms with Gasteiger partial charge in [0.05, 0.1) is 6.04 Å². The van der Waals surface area contributed by atoms with Gasteiger partial charge < -0.3 is 11.1 Å². The summed E-state index contributed by atoms with van der Waals surface area (Å²) < 4.78 is 0. The van der Waals surface area contributed by atoms with E-state index in [1.165, 1.54) is 22.3 Å². The molecule has 20 heavy (non-hydrogen) atoms. The van der Waals surface area contributed by atoms with E-state index < -0.39 is 0 Å². The standard InChI is InChI=1S/C18H22N2/c19-12-13-20-18-16-8-3-1-2-6-14(16)10-11-15-7-4-5-9-17(15)18/h1-7,9,18,20H,8,10-13,19H2. The fraction of sp³-hybridized carbons (Fsp3) is 0.333. The van der Waals surface area contributed by atoms with E-state index in [-0.39, 0.29) is 0 Å². The molecule has 2 heteroatoms. The van der Waals surface area contributed by atoms with Gasteiger partial charge in [0, 0.05) is 13.1 Å². The zero-order valence-corrected chi connectivity index (χ0v) is 11.8. The number of aryl methyl sites for hydroxylation is 1. The van der Waals surface area contributed by atoms with Crippen molar-refractivity contribution in [3.63, 3.8) is 0 Å². The smallest absolute Gasteiger partial charge is 0.0548 e. The molecule has 0 radical (unpaired) electrons. The quantitative estimate of drug-likeness (QED) is 0.882. The largest absolute Gasteiger partial charge is 0.329 e. The van der Waals surface area contributed by atoms with Crippen LogP contribution in [0.1, 0.15) is 30.0 Å². The molecule has 2 aliphatic carbocycles. The summed E-state index contributed by atoms with van der Waals surface area (Å²) in [5.41, 5.74) is 11.6. The van der Waals surface area contributed by atoms with Crippen LogP contribution in [-0.2, 0) is 6.42 Å². The summed E-state index contributed by atoms with van der Waals surface area (Å²) in [6.07, 6.45) is 12.1. The lowest BCUT2D eigenvalue weighted by Gasteiger charge is -2.23. The monoisotopic (exact) mass is 266 g/mol. The van der Waals surface area contributed by atoms with Gasteiger partial charge in [-0.1, -0.05) is 48.6 Å². The third kappa shape index (κ3) is 2.62. The highest BCUT2D eigenvalue weighted by molar-refractivity contribution is 5.45. The van der Waals surface area contributed by atoms with Crippen LogP contribution in [0.3, 0.4) is 0 Å². The van der Waals surface area contributed by atoms with E-state index in [4.69, 9.17) is 5.73 Å². The molecule has 0 saturated carbocycles. The van der Waals surface area contributed by atoms with E-state index in [0.29, 0.717) is 12.6 Å². The third-order valence-corrected chi connectivity index (χ3v) is 4.17. The number of hydrogen-bond acceptors (Lipinski definition) is 2. The molecule has 3 N–H and O–H groups in total. The van der Waals surface area contributed by atoms with Gasteiger partial charge in [0.15, 0.2) is 0 Å². The first kappa shape index (κ1) is 13.3. The summed E-state index contributed by atoms with van der Waals surface area (Å²) in [6.45, 7) is 1.52. The van der Waals surface area contributed by atoms with Crippen LogP contribution >= 0.6 is 0 Å². The van der Waals surface area contributed by atoms with Crippen molar-refractivity contribution in [2.75, 3.05) is 13.1 Å². The van der Waals surface area contributed by atoms with Gasteiger partial charge in [0.2, 0.25) is 0 Å². The first-order valence-corrected chi connectivity index (χ1v) is 7.46. The van der Waals surface area contributed by atoms with E-state index in [9.17, 15) is 0 Å². The highest BCUT2D eigenvalue weighted by Gasteiger charge is 2.24. The van der Waals surface area contributed by atoms with E-state index in [2.05, 4.69) is 53.9 Å². The summed E-state index contributed by atoms with van der Waals surface area (Å²) in [4.78, 5) is 0. The maximum atomic E-state index is 5.70. The Bertz CT molecular complexity index is 567. The van der Waals surface area contributed by atoms with Gasteiger partial charge in [-0.2, -0.15) is 0 Å². The van der Waals surface area contributed by atoms with Gasteiger partial charge in [-0.05, 0) is 41.5 Å². The van der Waals surface area contributed by atoms with Gasteiger partial charge in [0.25, 0.3) is 0 Å². The van der Waals surface area contributed by atoms with E-state index in [0.717, 1.165) is 25.8 Å². The Morgan fingerprint density at radius 3 is 2.95 bits per heavy atom. The molecule has 1 unspecified atom stereocenters. The first-order chi connectivity index (χ1) is 9.90. The molecular weight excluding hydrogens is 244 g/mol. The molecule has 1 aromatic carbocycles. The van der Waals surface area contributed by atoms with Crippen LogP contribution in [0.5, 0.6) is 0 Å². The number of fused-ring (bicyclic) bond motifs is 1. The molecule has 0 spiro atoms. The lowest BCUT2D eigenvalue weighted by molar-refractivity contribution is 0.592. The zero-order chi connectivity index (χ0) is 13.8. The minimum absolute atomic E-state index is 0.305. The predicted octanol–water partition coefficient (Wildman–Crippen LogP) is 3.03. The molecule has 0 aromatic heterocycles. The number of rotatable bonds is 3. The maximum absolute atomic E-state index is 5.70.